The second kappa shape index (κ2) is 5.29. The maximum absolute atomic E-state index is 5.52. The lowest BCUT2D eigenvalue weighted by Crippen LogP contribution is -2.02. The molecule has 0 saturated carbocycles. The molecule has 90 valence electrons. The molecule has 3 nitrogen and oxygen atoms in total. The number of rotatable bonds is 4. The second-order valence-electron chi connectivity index (χ2n) is 3.89. The first-order valence-corrected chi connectivity index (χ1v) is 6.42. The summed E-state index contributed by atoms with van der Waals surface area (Å²) in [6.07, 6.45) is 0.824. The molecule has 2 aromatic rings. The minimum atomic E-state index is 0.633. The third kappa shape index (κ3) is 2.65. The van der Waals surface area contributed by atoms with Gasteiger partial charge in [-0.3, -0.25) is 0 Å². The molecule has 2 rings (SSSR count). The maximum atomic E-state index is 5.52. The molecular weight excluding hydrogens is 232 g/mol. The molecule has 0 bridgehead atoms. The van der Waals surface area contributed by atoms with Gasteiger partial charge in [-0.25, -0.2) is 4.98 Å². The molecule has 17 heavy (non-hydrogen) atoms. The van der Waals surface area contributed by atoms with Crippen molar-refractivity contribution in [1.82, 2.24) is 4.98 Å². The fourth-order valence-corrected chi connectivity index (χ4v) is 2.55. The van der Waals surface area contributed by atoms with Crippen LogP contribution in [0.5, 0.6) is 5.75 Å². The summed E-state index contributed by atoms with van der Waals surface area (Å²) in [7, 11) is 1.69. The molecular formula is C13H16N2OS. The monoisotopic (exact) mass is 248 g/mol. The van der Waals surface area contributed by atoms with Crippen molar-refractivity contribution in [3.05, 3.63) is 34.8 Å². The summed E-state index contributed by atoms with van der Waals surface area (Å²) in [5, 5.41) is 3.05. The summed E-state index contributed by atoms with van der Waals surface area (Å²) in [4.78, 5) is 4.57. The average Bonchev–Trinajstić information content (AvgIpc) is 2.78. The van der Waals surface area contributed by atoms with Gasteiger partial charge in [-0.05, 0) is 31.2 Å². The fraction of sp³-hybridized carbons (Fsp3) is 0.308. The first-order chi connectivity index (χ1) is 8.24. The van der Waals surface area contributed by atoms with E-state index in [-0.39, 0.29) is 0 Å². The zero-order valence-corrected chi connectivity index (χ0v) is 10.9. The Labute approximate surface area is 105 Å². The van der Waals surface area contributed by atoms with Gasteiger partial charge in [0.2, 0.25) is 0 Å². The van der Waals surface area contributed by atoms with E-state index in [1.807, 2.05) is 13.0 Å². The number of methoxy groups -OCH3 is 1. The summed E-state index contributed by atoms with van der Waals surface area (Å²) in [6, 6.07) is 6.15. The number of nitrogens with two attached hydrogens (primary N) is 1. The Morgan fingerprint density at radius 3 is 2.94 bits per heavy atom. The summed E-state index contributed by atoms with van der Waals surface area (Å²) >= 11 is 1.63. The van der Waals surface area contributed by atoms with Crippen molar-refractivity contribution < 1.29 is 4.74 Å². The lowest BCUT2D eigenvalue weighted by atomic mass is 10.1. The standard InChI is InChI=1S/C13H16N2OS/c1-9-3-4-11(12(7-9)16-2)13-15-10(5-6-14)8-17-13/h3-4,7-8H,5-6,14H2,1-2H3. The van der Waals surface area contributed by atoms with Crippen molar-refractivity contribution in [2.45, 2.75) is 13.3 Å². The highest BCUT2D eigenvalue weighted by atomic mass is 32.1. The predicted octanol–water partition coefficient (Wildman–Crippen LogP) is 2.63. The highest BCUT2D eigenvalue weighted by Crippen LogP contribution is 2.32. The van der Waals surface area contributed by atoms with Crippen LogP contribution in [0, 0.1) is 6.92 Å². The molecule has 0 fully saturated rings. The van der Waals surface area contributed by atoms with E-state index in [1.54, 1.807) is 18.4 Å². The van der Waals surface area contributed by atoms with Crippen LogP contribution < -0.4 is 10.5 Å². The molecule has 2 N–H and O–H groups in total. The van der Waals surface area contributed by atoms with Crippen LogP contribution >= 0.6 is 11.3 Å². The number of aromatic nitrogens is 1. The molecule has 4 heteroatoms. The van der Waals surface area contributed by atoms with Gasteiger partial charge in [0.15, 0.2) is 0 Å². The quantitative estimate of drug-likeness (QED) is 0.904. The maximum Gasteiger partial charge on any atom is 0.129 e. The van der Waals surface area contributed by atoms with E-state index in [0.29, 0.717) is 6.54 Å². The van der Waals surface area contributed by atoms with Crippen molar-refractivity contribution in [2.24, 2.45) is 5.73 Å². The Morgan fingerprint density at radius 1 is 1.41 bits per heavy atom. The van der Waals surface area contributed by atoms with E-state index in [1.165, 1.54) is 5.56 Å². The van der Waals surface area contributed by atoms with Crippen LogP contribution in [-0.2, 0) is 6.42 Å². The highest BCUT2D eigenvalue weighted by Gasteiger charge is 2.10. The van der Waals surface area contributed by atoms with E-state index < -0.39 is 0 Å². The molecule has 0 aliphatic carbocycles. The van der Waals surface area contributed by atoms with E-state index in [9.17, 15) is 0 Å². The first-order valence-electron chi connectivity index (χ1n) is 5.54. The van der Waals surface area contributed by atoms with Crippen molar-refractivity contribution >= 4 is 11.3 Å². The van der Waals surface area contributed by atoms with E-state index in [2.05, 4.69) is 22.5 Å². The highest BCUT2D eigenvalue weighted by molar-refractivity contribution is 7.13. The summed E-state index contributed by atoms with van der Waals surface area (Å²) < 4.78 is 5.39. The summed E-state index contributed by atoms with van der Waals surface area (Å²) in [5.41, 5.74) is 8.81. The van der Waals surface area contributed by atoms with Crippen LogP contribution in [0.3, 0.4) is 0 Å². The molecule has 0 atom stereocenters. The Hall–Kier alpha value is -1.39. The molecule has 1 aromatic carbocycles. The molecule has 0 amide bonds. The number of hydrogen-bond acceptors (Lipinski definition) is 4. The molecule has 0 spiro atoms. The minimum Gasteiger partial charge on any atom is -0.496 e. The molecule has 0 unspecified atom stereocenters. The summed E-state index contributed by atoms with van der Waals surface area (Å²) in [5.74, 6) is 0.874. The Bertz CT molecular complexity index is 508. The topological polar surface area (TPSA) is 48.1 Å². The number of nitrogens with zero attached hydrogens (tertiary/aromatic N) is 1. The normalized spacial score (nSPS) is 10.5. The van der Waals surface area contributed by atoms with Crippen LogP contribution in [0.2, 0.25) is 0 Å². The Morgan fingerprint density at radius 2 is 2.24 bits per heavy atom. The molecule has 0 saturated heterocycles. The molecule has 1 aromatic heterocycles. The van der Waals surface area contributed by atoms with E-state index >= 15 is 0 Å². The lowest BCUT2D eigenvalue weighted by molar-refractivity contribution is 0.416. The van der Waals surface area contributed by atoms with E-state index in [4.69, 9.17) is 10.5 Å². The third-order valence-corrected chi connectivity index (χ3v) is 3.46. The zero-order valence-electron chi connectivity index (χ0n) is 10.1. The van der Waals surface area contributed by atoms with Crippen LogP contribution in [0.15, 0.2) is 23.6 Å². The Kier molecular flexibility index (Phi) is 3.76. The van der Waals surface area contributed by atoms with Crippen molar-refractivity contribution in [3.63, 3.8) is 0 Å². The van der Waals surface area contributed by atoms with Gasteiger partial charge in [0.1, 0.15) is 10.8 Å². The first kappa shape index (κ1) is 12.1. The minimum absolute atomic E-state index is 0.633. The summed E-state index contributed by atoms with van der Waals surface area (Å²) in [6.45, 7) is 2.68. The van der Waals surface area contributed by atoms with Gasteiger partial charge in [-0.2, -0.15) is 0 Å². The smallest absolute Gasteiger partial charge is 0.129 e. The average molecular weight is 248 g/mol. The van der Waals surface area contributed by atoms with E-state index in [0.717, 1.165) is 28.4 Å². The fourth-order valence-electron chi connectivity index (χ4n) is 1.67. The molecule has 0 aliphatic rings. The van der Waals surface area contributed by atoms with Gasteiger partial charge in [-0.15, -0.1) is 11.3 Å². The molecule has 1 heterocycles. The van der Waals surface area contributed by atoms with Gasteiger partial charge in [0, 0.05) is 11.8 Å². The van der Waals surface area contributed by atoms with Gasteiger partial charge >= 0.3 is 0 Å². The number of benzene rings is 1. The van der Waals surface area contributed by atoms with Crippen LogP contribution in [0.25, 0.3) is 10.6 Å². The van der Waals surface area contributed by atoms with Gasteiger partial charge in [0.05, 0.1) is 18.4 Å². The van der Waals surface area contributed by atoms with Gasteiger partial charge < -0.3 is 10.5 Å². The predicted molar refractivity (Wildman–Crippen MR) is 71.6 cm³/mol. The number of hydrogen-bond donors (Lipinski definition) is 1. The number of aryl methyl sites for hydroxylation is 1. The van der Waals surface area contributed by atoms with Gasteiger partial charge in [0.25, 0.3) is 0 Å². The van der Waals surface area contributed by atoms with Crippen molar-refractivity contribution in [2.75, 3.05) is 13.7 Å². The van der Waals surface area contributed by atoms with Crippen molar-refractivity contribution in [3.8, 4) is 16.3 Å². The van der Waals surface area contributed by atoms with Gasteiger partial charge in [-0.1, -0.05) is 6.07 Å². The SMILES string of the molecule is COc1cc(C)ccc1-c1nc(CCN)cs1. The van der Waals surface area contributed by atoms with Crippen LogP contribution in [-0.4, -0.2) is 18.6 Å². The largest absolute Gasteiger partial charge is 0.496 e. The Balaban J connectivity index is 2.37. The number of ether oxygens (including phenoxy) is 1. The molecule has 0 radical (unpaired) electrons. The zero-order chi connectivity index (χ0) is 12.3. The van der Waals surface area contributed by atoms with Crippen molar-refractivity contribution in [1.29, 1.82) is 0 Å². The third-order valence-electron chi connectivity index (χ3n) is 2.54. The van der Waals surface area contributed by atoms with Crippen LogP contribution in [0.1, 0.15) is 11.3 Å². The number of thiazole rings is 1. The van der Waals surface area contributed by atoms with Crippen LogP contribution in [0.4, 0.5) is 0 Å². The second-order valence-corrected chi connectivity index (χ2v) is 4.74. The molecule has 0 aliphatic heterocycles. The lowest BCUT2D eigenvalue weighted by Gasteiger charge is -2.06.